The van der Waals surface area contributed by atoms with E-state index in [0.717, 1.165) is 32.5 Å². The van der Waals surface area contributed by atoms with Gasteiger partial charge >= 0.3 is 0 Å². The van der Waals surface area contributed by atoms with Crippen LogP contribution in [0.2, 0.25) is 0 Å². The van der Waals surface area contributed by atoms with Gasteiger partial charge in [0.05, 0.1) is 25.4 Å². The molecular formula is C16H34O3. The van der Waals surface area contributed by atoms with E-state index in [0.29, 0.717) is 17.9 Å². The van der Waals surface area contributed by atoms with Gasteiger partial charge in [0.25, 0.3) is 0 Å². The fraction of sp³-hybridized carbons (Fsp3) is 1.00. The summed E-state index contributed by atoms with van der Waals surface area (Å²) >= 11 is 0. The van der Waals surface area contributed by atoms with E-state index in [-0.39, 0.29) is 28.2 Å². The molecule has 3 fully saturated rings. The van der Waals surface area contributed by atoms with Gasteiger partial charge in [-0.25, -0.2) is 0 Å². The second-order valence-corrected chi connectivity index (χ2v) is 6.22. The molecule has 3 nitrogen and oxygen atoms in total. The Labute approximate surface area is 120 Å². The van der Waals surface area contributed by atoms with Crippen LogP contribution in [0.1, 0.15) is 62.2 Å². The summed E-state index contributed by atoms with van der Waals surface area (Å²) in [6.07, 6.45) is 6.36. The summed E-state index contributed by atoms with van der Waals surface area (Å²) in [4.78, 5) is 0. The van der Waals surface area contributed by atoms with Gasteiger partial charge in [-0.15, -0.1) is 0 Å². The third-order valence-corrected chi connectivity index (χ3v) is 4.43. The molecule has 3 aliphatic heterocycles. The summed E-state index contributed by atoms with van der Waals surface area (Å²) in [6, 6.07) is 0. The van der Waals surface area contributed by atoms with Gasteiger partial charge in [-0.3, -0.25) is 0 Å². The third-order valence-electron chi connectivity index (χ3n) is 4.43. The van der Waals surface area contributed by atoms with Gasteiger partial charge in [0.2, 0.25) is 0 Å². The van der Waals surface area contributed by atoms with Gasteiger partial charge in [-0.2, -0.15) is 0 Å². The Morgan fingerprint density at radius 3 is 2.68 bits per heavy atom. The first-order chi connectivity index (χ1) is 8.19. The molecule has 19 heavy (non-hydrogen) atoms. The highest BCUT2D eigenvalue weighted by atomic mass is 16.7. The molecule has 0 amide bonds. The summed E-state index contributed by atoms with van der Waals surface area (Å²) in [5.74, 6) is 1.07. The summed E-state index contributed by atoms with van der Waals surface area (Å²) in [6.45, 7) is 6.17. The molecule has 4 unspecified atom stereocenters. The number of ether oxygens (including phenoxy) is 3. The summed E-state index contributed by atoms with van der Waals surface area (Å²) in [5.41, 5.74) is 0. The van der Waals surface area contributed by atoms with Crippen LogP contribution in [0.15, 0.2) is 0 Å². The Bertz CT molecular complexity index is 277. The molecule has 0 aromatic heterocycles. The maximum atomic E-state index is 6.22. The summed E-state index contributed by atoms with van der Waals surface area (Å²) < 4.78 is 18.0. The van der Waals surface area contributed by atoms with Crippen LogP contribution in [0.5, 0.6) is 0 Å². The van der Waals surface area contributed by atoms with Crippen LogP contribution in [0.4, 0.5) is 0 Å². The maximum absolute atomic E-state index is 6.22. The second kappa shape index (κ2) is 6.55. The Hall–Kier alpha value is -0.120. The van der Waals surface area contributed by atoms with Crippen molar-refractivity contribution in [2.24, 2.45) is 11.8 Å². The van der Waals surface area contributed by atoms with Crippen molar-refractivity contribution in [1.82, 2.24) is 0 Å². The van der Waals surface area contributed by atoms with Gasteiger partial charge in [0.1, 0.15) is 0 Å². The van der Waals surface area contributed by atoms with Crippen LogP contribution in [-0.2, 0) is 14.2 Å². The minimum absolute atomic E-state index is 0. The van der Waals surface area contributed by atoms with Crippen molar-refractivity contribution in [2.45, 2.75) is 78.8 Å². The normalized spacial score (nSPS) is 40.9. The molecule has 0 N–H and O–H groups in total. The number of rotatable bonds is 2. The van der Waals surface area contributed by atoms with Crippen LogP contribution >= 0.6 is 0 Å². The zero-order valence-electron chi connectivity index (χ0n) is 11.0. The van der Waals surface area contributed by atoms with Crippen LogP contribution in [0.25, 0.3) is 0 Å². The zero-order valence-corrected chi connectivity index (χ0v) is 11.0. The summed E-state index contributed by atoms with van der Waals surface area (Å²) in [5, 5.41) is 0. The van der Waals surface area contributed by atoms with E-state index in [1.54, 1.807) is 0 Å². The first kappa shape index (κ1) is 16.9. The lowest BCUT2D eigenvalue weighted by Gasteiger charge is -2.40. The molecule has 0 aromatic rings. The molecule has 4 atom stereocenters. The molecule has 3 rings (SSSR count). The Balaban J connectivity index is 0.00000120. The number of hydrogen-bond donors (Lipinski definition) is 0. The van der Waals surface area contributed by atoms with E-state index >= 15 is 0 Å². The van der Waals surface area contributed by atoms with E-state index in [1.165, 1.54) is 12.8 Å². The van der Waals surface area contributed by atoms with Gasteiger partial charge in [0, 0.05) is 20.2 Å². The molecule has 0 bridgehead atoms. The third kappa shape index (κ3) is 3.32. The predicted octanol–water partition coefficient (Wildman–Crippen LogP) is 4.25. The van der Waals surface area contributed by atoms with Gasteiger partial charge < -0.3 is 14.2 Å². The molecule has 3 aliphatic rings. The molecule has 0 radical (unpaired) electrons. The lowest BCUT2D eigenvalue weighted by molar-refractivity contribution is -0.264. The van der Waals surface area contributed by atoms with Crippen molar-refractivity contribution in [3.8, 4) is 0 Å². The highest BCUT2D eigenvalue weighted by Crippen LogP contribution is 2.44. The van der Waals surface area contributed by atoms with Gasteiger partial charge in [-0.1, -0.05) is 28.7 Å². The van der Waals surface area contributed by atoms with E-state index in [1.807, 2.05) is 0 Å². The molecule has 3 saturated heterocycles. The average molecular weight is 275 g/mol. The highest BCUT2D eigenvalue weighted by Gasteiger charge is 2.49. The first-order valence-electron chi connectivity index (χ1n) is 7.12. The maximum Gasteiger partial charge on any atom is 0.168 e. The van der Waals surface area contributed by atoms with Crippen molar-refractivity contribution in [2.75, 3.05) is 13.2 Å². The van der Waals surface area contributed by atoms with Crippen molar-refractivity contribution in [3.63, 3.8) is 0 Å². The SMILES string of the molecule is C.C.CC(C)CC1OCC2OC3(CCCO3)CCC12.[2HH]. The zero-order chi connectivity index (χ0) is 11.9. The van der Waals surface area contributed by atoms with Crippen LogP contribution in [0, 0.1) is 11.8 Å². The Kier molecular flexibility index (Phi) is 5.84. The molecule has 0 saturated carbocycles. The van der Waals surface area contributed by atoms with Crippen LogP contribution in [0.3, 0.4) is 0 Å². The standard InChI is InChI=1S/C14H24O3.2CH4.H2/c1-10(2)8-12-11-4-6-14(5-3-7-16-14)17-13(11)9-15-12;;;/h10-13H,3-9H2,1-2H3;2*1H4;1H/i;;;1+1. The predicted molar refractivity (Wildman–Crippen MR) is 80.3 cm³/mol. The molecule has 0 aromatic carbocycles. The smallest absolute Gasteiger partial charge is 0.168 e. The lowest BCUT2D eigenvalue weighted by Crippen LogP contribution is -2.45. The average Bonchev–Trinajstić information content (AvgIpc) is 2.87. The Morgan fingerprint density at radius 1 is 1.26 bits per heavy atom. The highest BCUT2D eigenvalue weighted by molar-refractivity contribution is 4.93. The van der Waals surface area contributed by atoms with E-state index in [4.69, 9.17) is 14.2 Å². The van der Waals surface area contributed by atoms with Gasteiger partial charge in [-0.05, 0) is 25.2 Å². The van der Waals surface area contributed by atoms with Crippen molar-refractivity contribution >= 4 is 0 Å². The molecule has 3 heterocycles. The topological polar surface area (TPSA) is 27.7 Å². The number of fused-ring (bicyclic) bond motifs is 1. The molecule has 116 valence electrons. The van der Waals surface area contributed by atoms with Gasteiger partial charge in [0.15, 0.2) is 5.79 Å². The fourth-order valence-electron chi connectivity index (χ4n) is 3.59. The van der Waals surface area contributed by atoms with Crippen LogP contribution < -0.4 is 0 Å². The summed E-state index contributed by atoms with van der Waals surface area (Å²) in [7, 11) is 0. The molecule has 0 aliphatic carbocycles. The fourth-order valence-corrected chi connectivity index (χ4v) is 3.59. The van der Waals surface area contributed by atoms with Crippen molar-refractivity contribution in [1.29, 1.82) is 0 Å². The minimum atomic E-state index is -0.239. The Morgan fingerprint density at radius 2 is 2.05 bits per heavy atom. The molecular weight excluding hydrogens is 240 g/mol. The second-order valence-electron chi connectivity index (χ2n) is 6.22. The molecule has 3 heteroatoms. The lowest BCUT2D eigenvalue weighted by atomic mass is 9.84. The largest absolute Gasteiger partial charge is 0.375 e. The number of hydrogen-bond acceptors (Lipinski definition) is 3. The molecule has 1 spiro atoms. The first-order valence-corrected chi connectivity index (χ1v) is 7.12. The van der Waals surface area contributed by atoms with Crippen molar-refractivity contribution in [3.05, 3.63) is 0 Å². The monoisotopic (exact) mass is 275 g/mol. The van der Waals surface area contributed by atoms with E-state index in [9.17, 15) is 0 Å². The van der Waals surface area contributed by atoms with E-state index < -0.39 is 0 Å². The van der Waals surface area contributed by atoms with E-state index in [2.05, 4.69) is 13.8 Å². The van der Waals surface area contributed by atoms with Crippen LogP contribution in [-0.4, -0.2) is 31.2 Å². The minimum Gasteiger partial charge on any atom is -0.375 e. The van der Waals surface area contributed by atoms with Crippen molar-refractivity contribution < 1.29 is 15.6 Å². The quantitative estimate of drug-likeness (QED) is 0.754.